The van der Waals surface area contributed by atoms with Gasteiger partial charge in [0.05, 0.1) is 21.9 Å². The van der Waals surface area contributed by atoms with Crippen LogP contribution in [0, 0.1) is 0 Å². The highest BCUT2D eigenvalue weighted by molar-refractivity contribution is 7.89. The first-order chi connectivity index (χ1) is 16.7. The predicted octanol–water partition coefficient (Wildman–Crippen LogP) is 4.00. The van der Waals surface area contributed by atoms with Crippen LogP contribution in [-0.4, -0.2) is 44.3 Å². The van der Waals surface area contributed by atoms with Crippen LogP contribution in [0.1, 0.15) is 22.8 Å². The zero-order valence-corrected chi connectivity index (χ0v) is 20.3. The molecule has 3 aromatic rings. The first-order valence-corrected chi connectivity index (χ1v) is 12.2. The quantitative estimate of drug-likeness (QED) is 0.530. The second-order valence-electron chi connectivity index (χ2n) is 8.08. The number of sulfonamides is 1. The predicted molar refractivity (Wildman–Crippen MR) is 137 cm³/mol. The Labute approximate surface area is 204 Å². The molecule has 0 radical (unpaired) electrons. The number of anilines is 2. The fourth-order valence-corrected chi connectivity index (χ4v) is 4.35. The van der Waals surface area contributed by atoms with Gasteiger partial charge in [-0.1, -0.05) is 30.3 Å². The van der Waals surface area contributed by atoms with Crippen LogP contribution in [0.3, 0.4) is 0 Å². The van der Waals surface area contributed by atoms with Gasteiger partial charge in [0.25, 0.3) is 11.8 Å². The van der Waals surface area contributed by atoms with Crippen molar-refractivity contribution < 1.29 is 18.0 Å². The van der Waals surface area contributed by atoms with E-state index in [2.05, 4.69) is 10.4 Å². The van der Waals surface area contributed by atoms with Gasteiger partial charge in [-0.25, -0.2) is 12.7 Å². The summed E-state index contributed by atoms with van der Waals surface area (Å²) in [6.07, 6.45) is 1.76. The molecule has 0 fully saturated rings. The van der Waals surface area contributed by atoms with E-state index < -0.39 is 10.0 Å². The lowest BCUT2D eigenvalue weighted by molar-refractivity contribution is -0.114. The number of hydrogen-bond donors (Lipinski definition) is 1. The maximum absolute atomic E-state index is 12.9. The van der Waals surface area contributed by atoms with E-state index in [1.165, 1.54) is 43.4 Å². The van der Waals surface area contributed by atoms with E-state index in [4.69, 9.17) is 0 Å². The molecule has 0 spiro atoms. The third-order valence-electron chi connectivity index (χ3n) is 5.44. The van der Waals surface area contributed by atoms with Crippen molar-refractivity contribution in [3.05, 3.63) is 95.6 Å². The first-order valence-electron chi connectivity index (χ1n) is 10.8. The Morgan fingerprint density at radius 2 is 1.57 bits per heavy atom. The molecular formula is C26H24N4O4S. The number of rotatable bonds is 6. The average Bonchev–Trinajstić information content (AvgIpc) is 3.14. The zero-order valence-electron chi connectivity index (χ0n) is 19.5. The summed E-state index contributed by atoms with van der Waals surface area (Å²) in [6.45, 7) is 1.79. The van der Waals surface area contributed by atoms with E-state index in [1.807, 2.05) is 30.3 Å². The Morgan fingerprint density at radius 3 is 2.17 bits per heavy atom. The maximum Gasteiger partial charge on any atom is 0.280 e. The lowest BCUT2D eigenvalue weighted by Crippen LogP contribution is -2.22. The van der Waals surface area contributed by atoms with E-state index >= 15 is 0 Å². The molecule has 1 N–H and O–H groups in total. The van der Waals surface area contributed by atoms with Gasteiger partial charge < -0.3 is 5.32 Å². The second-order valence-corrected chi connectivity index (χ2v) is 10.2. The monoisotopic (exact) mass is 488 g/mol. The summed E-state index contributed by atoms with van der Waals surface area (Å²) in [5.74, 6) is -0.567. The minimum absolute atomic E-state index is 0.113. The van der Waals surface area contributed by atoms with Gasteiger partial charge in [-0.05, 0) is 67.1 Å². The van der Waals surface area contributed by atoms with Crippen LogP contribution in [0.5, 0.6) is 0 Å². The fraction of sp³-hybridized carbons (Fsp3) is 0.115. The Morgan fingerprint density at radius 1 is 0.943 bits per heavy atom. The van der Waals surface area contributed by atoms with Crippen LogP contribution in [0.15, 0.2) is 94.4 Å². The minimum Gasteiger partial charge on any atom is -0.322 e. The second kappa shape index (κ2) is 9.65. The topological polar surface area (TPSA) is 99.1 Å². The van der Waals surface area contributed by atoms with Gasteiger partial charge in [0.1, 0.15) is 0 Å². The molecule has 0 saturated carbocycles. The van der Waals surface area contributed by atoms with Crippen molar-refractivity contribution in [3.63, 3.8) is 0 Å². The molecule has 0 bridgehead atoms. The summed E-state index contributed by atoms with van der Waals surface area (Å²) in [6, 6.07) is 22.0. The number of hydrazone groups is 1. The van der Waals surface area contributed by atoms with Crippen molar-refractivity contribution >= 4 is 45.0 Å². The van der Waals surface area contributed by atoms with E-state index in [1.54, 1.807) is 37.3 Å². The van der Waals surface area contributed by atoms with Crippen LogP contribution in [0.25, 0.3) is 6.08 Å². The smallest absolute Gasteiger partial charge is 0.280 e. The molecule has 2 amide bonds. The van der Waals surface area contributed by atoms with Crippen molar-refractivity contribution in [2.75, 3.05) is 24.4 Å². The molecule has 0 saturated heterocycles. The van der Waals surface area contributed by atoms with Crippen LogP contribution in [-0.2, 0) is 14.8 Å². The molecule has 0 unspecified atom stereocenters. The zero-order chi connectivity index (χ0) is 25.2. The number of benzene rings is 3. The van der Waals surface area contributed by atoms with Crippen molar-refractivity contribution in [1.29, 1.82) is 0 Å². The van der Waals surface area contributed by atoms with Crippen LogP contribution < -0.4 is 10.3 Å². The molecule has 3 aromatic carbocycles. The molecule has 35 heavy (non-hydrogen) atoms. The standard InChI is InChI=1S/C26H24N4O4S/c1-18-24(26(32)30(28-18)22-7-5-4-6-8-22)17-19-9-13-21(14-10-19)27-25(31)20-11-15-23(16-12-20)35(33,34)29(2)3/h4-17H,1-3H3,(H,27,31). The first kappa shape index (κ1) is 24.1. The molecule has 0 atom stereocenters. The molecule has 4 rings (SSSR count). The third-order valence-corrected chi connectivity index (χ3v) is 7.27. The molecule has 1 aliphatic heterocycles. The normalized spacial score (nSPS) is 15.0. The number of nitrogens with one attached hydrogen (secondary N) is 1. The molecule has 8 nitrogen and oxygen atoms in total. The number of para-hydroxylation sites is 1. The molecule has 178 valence electrons. The largest absolute Gasteiger partial charge is 0.322 e. The van der Waals surface area contributed by atoms with Crippen LogP contribution in [0.2, 0.25) is 0 Å². The fourth-order valence-electron chi connectivity index (χ4n) is 3.45. The molecule has 9 heteroatoms. The Balaban J connectivity index is 1.45. The van der Waals surface area contributed by atoms with Gasteiger partial charge >= 0.3 is 0 Å². The summed E-state index contributed by atoms with van der Waals surface area (Å²) in [5.41, 5.74) is 3.50. The number of amides is 2. The number of carbonyl (C=O) groups is 2. The number of hydrogen-bond acceptors (Lipinski definition) is 5. The lowest BCUT2D eigenvalue weighted by atomic mass is 10.1. The van der Waals surface area contributed by atoms with Gasteiger partial charge in [0, 0.05) is 25.3 Å². The summed E-state index contributed by atoms with van der Waals surface area (Å²) >= 11 is 0. The molecule has 1 aliphatic rings. The van der Waals surface area contributed by atoms with Gasteiger partial charge in [-0.15, -0.1) is 0 Å². The highest BCUT2D eigenvalue weighted by Crippen LogP contribution is 2.25. The van der Waals surface area contributed by atoms with Gasteiger partial charge in [0.2, 0.25) is 10.0 Å². The van der Waals surface area contributed by atoms with Crippen molar-refractivity contribution in [2.45, 2.75) is 11.8 Å². The van der Waals surface area contributed by atoms with E-state index in [0.29, 0.717) is 28.2 Å². The lowest BCUT2D eigenvalue weighted by Gasteiger charge is -2.12. The van der Waals surface area contributed by atoms with E-state index in [0.717, 1.165) is 9.87 Å². The SMILES string of the molecule is CC1=NN(c2ccccc2)C(=O)C1=Cc1ccc(NC(=O)c2ccc(S(=O)(=O)N(C)C)cc2)cc1. The summed E-state index contributed by atoms with van der Waals surface area (Å²) in [4.78, 5) is 25.6. The minimum atomic E-state index is -3.56. The van der Waals surface area contributed by atoms with Gasteiger partial charge in [0.15, 0.2) is 0 Å². The number of carbonyl (C=O) groups excluding carboxylic acids is 2. The number of nitrogens with zero attached hydrogens (tertiary/aromatic N) is 3. The van der Waals surface area contributed by atoms with Crippen LogP contribution in [0.4, 0.5) is 11.4 Å². The maximum atomic E-state index is 12.9. The summed E-state index contributed by atoms with van der Waals surface area (Å²) in [5, 5.41) is 8.54. The molecule has 0 aliphatic carbocycles. The van der Waals surface area contributed by atoms with Gasteiger partial charge in [-0.2, -0.15) is 10.1 Å². The van der Waals surface area contributed by atoms with Crippen LogP contribution >= 0.6 is 0 Å². The third kappa shape index (κ3) is 5.06. The Kier molecular flexibility index (Phi) is 6.63. The highest BCUT2D eigenvalue weighted by Gasteiger charge is 2.28. The Hall–Kier alpha value is -4.08. The summed E-state index contributed by atoms with van der Waals surface area (Å²) in [7, 11) is -0.660. The highest BCUT2D eigenvalue weighted by atomic mass is 32.2. The van der Waals surface area contributed by atoms with Gasteiger partial charge in [-0.3, -0.25) is 9.59 Å². The molecular weight excluding hydrogens is 464 g/mol. The van der Waals surface area contributed by atoms with E-state index in [9.17, 15) is 18.0 Å². The molecule has 1 heterocycles. The van der Waals surface area contributed by atoms with Crippen molar-refractivity contribution in [3.8, 4) is 0 Å². The molecule has 0 aromatic heterocycles. The van der Waals surface area contributed by atoms with Crippen molar-refractivity contribution in [2.24, 2.45) is 5.10 Å². The van der Waals surface area contributed by atoms with E-state index in [-0.39, 0.29) is 16.7 Å². The average molecular weight is 489 g/mol. The summed E-state index contributed by atoms with van der Waals surface area (Å²) < 4.78 is 25.5. The Bertz CT molecular complexity index is 1430. The van der Waals surface area contributed by atoms with Crippen molar-refractivity contribution in [1.82, 2.24) is 4.31 Å².